The Morgan fingerprint density at radius 3 is 2.61 bits per heavy atom. The van der Waals surface area contributed by atoms with Crippen molar-refractivity contribution in [3.05, 3.63) is 28.8 Å². The van der Waals surface area contributed by atoms with Crippen molar-refractivity contribution < 1.29 is 5.21 Å². The molecule has 0 radical (unpaired) electrons. The number of aryl methyl sites for hydroxylation is 1. The molecule has 1 aliphatic heterocycles. The number of hydrogen-bond donors (Lipinski definition) is 1. The first-order valence-electron chi connectivity index (χ1n) is 5.36. The molecule has 0 aliphatic carbocycles. The van der Waals surface area contributed by atoms with Gasteiger partial charge in [-0.2, -0.15) is 0 Å². The number of rotatable bonds is 1. The number of benzene rings is 1. The quantitative estimate of drug-likeness (QED) is 0.605. The summed E-state index contributed by atoms with van der Waals surface area (Å²) in [6, 6.07) is 5.61. The summed E-state index contributed by atoms with van der Waals surface area (Å²) in [5, 5.41) is 13.7. The van der Waals surface area contributed by atoms with E-state index in [1.807, 2.05) is 39.0 Å². The van der Waals surface area contributed by atoms with Crippen molar-refractivity contribution in [2.45, 2.75) is 25.5 Å². The highest BCUT2D eigenvalue weighted by atomic mass is 35.5. The summed E-state index contributed by atoms with van der Waals surface area (Å²) in [5.41, 5.74) is 1.92. The summed E-state index contributed by atoms with van der Waals surface area (Å²) < 4.78 is 0.664. The fraction of sp³-hybridized carbons (Fsp3) is 0.333. The van der Waals surface area contributed by atoms with Crippen LogP contribution < -0.4 is 0 Å². The number of hydrogen-bond acceptors (Lipinski definition) is 5. The summed E-state index contributed by atoms with van der Waals surface area (Å²) in [6.45, 7) is 6.00. The van der Waals surface area contributed by atoms with E-state index in [1.54, 1.807) is 11.8 Å². The van der Waals surface area contributed by atoms with Gasteiger partial charge in [0, 0.05) is 5.02 Å². The van der Waals surface area contributed by atoms with Gasteiger partial charge in [-0.1, -0.05) is 28.5 Å². The molecular weight excluding hydrogens is 288 g/mol. The molecule has 0 spiro atoms. The molecule has 1 aromatic carbocycles. The van der Waals surface area contributed by atoms with E-state index < -0.39 is 0 Å². The van der Waals surface area contributed by atoms with Crippen LogP contribution in [-0.2, 0) is 0 Å². The Morgan fingerprint density at radius 2 is 2.06 bits per heavy atom. The molecule has 1 heterocycles. The van der Waals surface area contributed by atoms with E-state index in [0.717, 1.165) is 15.6 Å². The van der Waals surface area contributed by atoms with Crippen molar-refractivity contribution in [1.29, 1.82) is 0 Å². The smallest absolute Gasteiger partial charge is 0.137 e. The van der Waals surface area contributed by atoms with Crippen LogP contribution in [0.5, 0.6) is 0 Å². The minimum Gasteiger partial charge on any atom is -0.410 e. The molecule has 1 aliphatic rings. The fourth-order valence-electron chi connectivity index (χ4n) is 1.52. The fourth-order valence-corrected chi connectivity index (χ4v) is 4.33. The highest BCUT2D eigenvalue weighted by molar-refractivity contribution is 8.50. The van der Waals surface area contributed by atoms with Crippen LogP contribution in [0.15, 0.2) is 28.3 Å². The minimum atomic E-state index is -0.224. The molecule has 1 aromatic rings. The zero-order valence-electron chi connectivity index (χ0n) is 10.3. The Morgan fingerprint density at radius 1 is 1.33 bits per heavy atom. The number of oxime groups is 1. The van der Waals surface area contributed by atoms with Crippen LogP contribution in [0.1, 0.15) is 19.4 Å². The van der Waals surface area contributed by atoms with Crippen LogP contribution >= 0.6 is 35.1 Å². The first kappa shape index (κ1) is 13.8. The van der Waals surface area contributed by atoms with Gasteiger partial charge in [-0.05, 0) is 56.3 Å². The van der Waals surface area contributed by atoms with Gasteiger partial charge in [0.15, 0.2) is 0 Å². The standard InChI is InChI=1S/C12H13ClN2OS2/c1-7-6-8(13)4-5-9(7)14-11-17-10(15-16)12(2,3)18-11/h4-6,16H,1-3H3/b14-11-,15-10-. The number of halogens is 1. The molecule has 0 amide bonds. The van der Waals surface area contributed by atoms with Gasteiger partial charge in [-0.25, -0.2) is 4.99 Å². The van der Waals surface area contributed by atoms with Gasteiger partial charge in [0.05, 0.1) is 10.4 Å². The molecule has 3 nitrogen and oxygen atoms in total. The van der Waals surface area contributed by atoms with Crippen LogP contribution in [0.3, 0.4) is 0 Å². The van der Waals surface area contributed by atoms with Crippen LogP contribution in [0.4, 0.5) is 5.69 Å². The molecule has 1 saturated heterocycles. The van der Waals surface area contributed by atoms with Crippen LogP contribution in [0.25, 0.3) is 0 Å². The molecular formula is C12H13ClN2OS2. The summed E-state index contributed by atoms with van der Waals surface area (Å²) in [7, 11) is 0. The van der Waals surface area contributed by atoms with E-state index in [0.29, 0.717) is 10.1 Å². The summed E-state index contributed by atoms with van der Waals surface area (Å²) in [4.78, 5) is 4.58. The van der Waals surface area contributed by atoms with Gasteiger partial charge in [0.1, 0.15) is 9.42 Å². The number of nitrogens with zero attached hydrogens (tertiary/aromatic N) is 2. The third-order valence-electron chi connectivity index (χ3n) is 2.50. The Balaban J connectivity index is 2.31. The predicted molar refractivity (Wildman–Crippen MR) is 81.8 cm³/mol. The largest absolute Gasteiger partial charge is 0.410 e. The summed E-state index contributed by atoms with van der Waals surface area (Å²) in [6.07, 6.45) is 0. The third kappa shape index (κ3) is 2.84. The number of aliphatic imine (C=N–C) groups is 1. The minimum absolute atomic E-state index is 0.224. The van der Waals surface area contributed by atoms with Gasteiger partial charge in [-0.3, -0.25) is 0 Å². The number of thioether (sulfide) groups is 2. The maximum atomic E-state index is 8.96. The summed E-state index contributed by atoms with van der Waals surface area (Å²) in [5.74, 6) is 0. The Kier molecular flexibility index (Phi) is 3.94. The SMILES string of the molecule is Cc1cc(Cl)ccc1/N=C1/S/C(=N\O)C(C)(C)S1. The van der Waals surface area contributed by atoms with E-state index in [-0.39, 0.29) is 4.75 Å². The zero-order chi connectivity index (χ0) is 13.3. The first-order valence-corrected chi connectivity index (χ1v) is 7.38. The van der Waals surface area contributed by atoms with Crippen molar-refractivity contribution in [2.24, 2.45) is 10.1 Å². The Labute approximate surface area is 120 Å². The second-order valence-electron chi connectivity index (χ2n) is 4.43. The van der Waals surface area contributed by atoms with Crippen molar-refractivity contribution in [2.75, 3.05) is 0 Å². The molecule has 0 unspecified atom stereocenters. The van der Waals surface area contributed by atoms with Gasteiger partial charge in [0.2, 0.25) is 0 Å². The monoisotopic (exact) mass is 300 g/mol. The van der Waals surface area contributed by atoms with Crippen LogP contribution in [0, 0.1) is 6.92 Å². The molecule has 0 aromatic heterocycles. The predicted octanol–water partition coefficient (Wildman–Crippen LogP) is 4.68. The summed E-state index contributed by atoms with van der Waals surface area (Å²) >= 11 is 8.92. The van der Waals surface area contributed by atoms with Crippen molar-refractivity contribution in [3.63, 3.8) is 0 Å². The van der Waals surface area contributed by atoms with Gasteiger partial charge < -0.3 is 5.21 Å². The van der Waals surface area contributed by atoms with Gasteiger partial charge in [-0.15, -0.1) is 0 Å². The molecule has 18 heavy (non-hydrogen) atoms. The lowest BCUT2D eigenvalue weighted by atomic mass is 10.2. The van der Waals surface area contributed by atoms with Crippen LogP contribution in [-0.4, -0.2) is 19.4 Å². The second-order valence-corrected chi connectivity index (χ2v) is 7.71. The lowest BCUT2D eigenvalue weighted by molar-refractivity contribution is 0.319. The third-order valence-corrected chi connectivity index (χ3v) is 5.39. The highest BCUT2D eigenvalue weighted by Crippen LogP contribution is 2.45. The van der Waals surface area contributed by atoms with E-state index in [1.165, 1.54) is 11.8 Å². The maximum Gasteiger partial charge on any atom is 0.137 e. The van der Waals surface area contributed by atoms with Crippen molar-refractivity contribution in [3.8, 4) is 0 Å². The van der Waals surface area contributed by atoms with E-state index >= 15 is 0 Å². The average Bonchev–Trinajstić information content (AvgIpc) is 2.57. The molecule has 6 heteroatoms. The molecule has 1 N–H and O–H groups in total. The second kappa shape index (κ2) is 5.15. The zero-order valence-corrected chi connectivity index (χ0v) is 12.7. The van der Waals surface area contributed by atoms with Gasteiger partial charge >= 0.3 is 0 Å². The van der Waals surface area contributed by atoms with Gasteiger partial charge in [0.25, 0.3) is 0 Å². The lowest BCUT2D eigenvalue weighted by Crippen LogP contribution is -2.19. The van der Waals surface area contributed by atoms with E-state index in [2.05, 4.69) is 10.1 Å². The Bertz CT molecular complexity index is 541. The highest BCUT2D eigenvalue weighted by Gasteiger charge is 2.37. The Hall–Kier alpha value is -0.650. The molecule has 0 saturated carbocycles. The van der Waals surface area contributed by atoms with Crippen molar-refractivity contribution in [1.82, 2.24) is 0 Å². The average molecular weight is 301 g/mol. The normalized spacial score (nSPS) is 22.9. The first-order chi connectivity index (χ1) is 8.42. The molecule has 96 valence electrons. The van der Waals surface area contributed by atoms with Crippen LogP contribution in [0.2, 0.25) is 5.02 Å². The lowest BCUT2D eigenvalue weighted by Gasteiger charge is -2.12. The molecule has 2 rings (SSSR count). The van der Waals surface area contributed by atoms with E-state index in [4.69, 9.17) is 16.8 Å². The van der Waals surface area contributed by atoms with E-state index in [9.17, 15) is 0 Å². The van der Waals surface area contributed by atoms with Crippen molar-refractivity contribution >= 4 is 50.2 Å². The molecule has 0 atom stereocenters. The molecule has 0 bridgehead atoms. The topological polar surface area (TPSA) is 45.0 Å². The molecule has 1 fully saturated rings. The maximum absolute atomic E-state index is 8.96.